The maximum atomic E-state index is 11.5. The minimum absolute atomic E-state index is 0.00351. The summed E-state index contributed by atoms with van der Waals surface area (Å²) in [6.45, 7) is 1.62. The van der Waals surface area contributed by atoms with E-state index < -0.39 is 23.5 Å². The van der Waals surface area contributed by atoms with E-state index in [0.29, 0.717) is 16.3 Å². The molecule has 0 spiro atoms. The third kappa shape index (κ3) is 3.99. The molecule has 1 fully saturated rings. The number of amides is 1. The Bertz CT molecular complexity index is 690. The summed E-state index contributed by atoms with van der Waals surface area (Å²) in [7, 11) is 0. The van der Waals surface area contributed by atoms with Crippen LogP contribution in [0.25, 0.3) is 0 Å². The van der Waals surface area contributed by atoms with Crippen molar-refractivity contribution < 1.29 is 19.8 Å². The highest BCUT2D eigenvalue weighted by molar-refractivity contribution is 8.15. The normalized spacial score (nSPS) is 20.3. The molecule has 0 bridgehead atoms. The molecule has 1 saturated heterocycles. The van der Waals surface area contributed by atoms with Crippen LogP contribution in [0.5, 0.6) is 5.75 Å². The topological polar surface area (TPSA) is 114 Å². The number of aromatic hydroxyl groups is 1. The molecule has 116 valence electrons. The number of carbonyl (C=O) groups excluding carboxylic acids is 2. The second-order valence-corrected chi connectivity index (χ2v) is 6.05. The van der Waals surface area contributed by atoms with Gasteiger partial charge in [0.2, 0.25) is 5.91 Å². The molecule has 2 rings (SSSR count). The largest absolute Gasteiger partial charge is 0.550 e. The van der Waals surface area contributed by atoms with E-state index in [-0.39, 0.29) is 10.9 Å². The predicted molar refractivity (Wildman–Crippen MR) is 81.9 cm³/mol. The summed E-state index contributed by atoms with van der Waals surface area (Å²) in [6, 6.07) is 4.51. The number of amidine groups is 1. The highest BCUT2D eigenvalue weighted by Crippen LogP contribution is 2.24. The number of rotatable bonds is 4. The lowest BCUT2D eigenvalue weighted by atomic mass is 10.1. The average Bonchev–Trinajstić information content (AvgIpc) is 2.78. The van der Waals surface area contributed by atoms with Crippen LogP contribution < -0.4 is 10.4 Å². The molecule has 1 atom stereocenters. The van der Waals surface area contributed by atoms with Crippen LogP contribution >= 0.6 is 23.4 Å². The van der Waals surface area contributed by atoms with Crippen molar-refractivity contribution in [3.63, 3.8) is 0 Å². The van der Waals surface area contributed by atoms with Gasteiger partial charge in [-0.15, -0.1) is 5.10 Å². The summed E-state index contributed by atoms with van der Waals surface area (Å²) >= 11 is 6.81. The zero-order chi connectivity index (χ0) is 16.3. The van der Waals surface area contributed by atoms with Crippen LogP contribution in [0, 0.1) is 0 Å². The lowest BCUT2D eigenvalue weighted by Gasteiger charge is -2.04. The number of thioether (sulfide) groups is 1. The summed E-state index contributed by atoms with van der Waals surface area (Å²) in [5.41, 5.74) is 0.808. The van der Waals surface area contributed by atoms with Gasteiger partial charge < -0.3 is 20.3 Å². The molecular formula is C13H11ClN3O4S-. The fourth-order valence-corrected chi connectivity index (χ4v) is 2.78. The molecule has 22 heavy (non-hydrogen) atoms. The Morgan fingerprint density at radius 2 is 2.27 bits per heavy atom. The number of carboxylic acids is 1. The summed E-state index contributed by atoms with van der Waals surface area (Å²) < 4.78 is 0. The second kappa shape index (κ2) is 6.80. The molecular weight excluding hydrogens is 330 g/mol. The van der Waals surface area contributed by atoms with Crippen LogP contribution in [0.2, 0.25) is 5.02 Å². The molecule has 0 aromatic heterocycles. The Hall–Kier alpha value is -2.06. The Labute approximate surface area is 135 Å². The molecule has 0 unspecified atom stereocenters. The van der Waals surface area contributed by atoms with E-state index in [4.69, 9.17) is 11.6 Å². The van der Waals surface area contributed by atoms with Crippen LogP contribution in [-0.4, -0.2) is 33.1 Å². The second-order valence-electron chi connectivity index (χ2n) is 4.42. The van der Waals surface area contributed by atoms with Gasteiger partial charge in [-0.05, 0) is 25.1 Å². The molecule has 1 aromatic carbocycles. The minimum Gasteiger partial charge on any atom is -0.550 e. The van der Waals surface area contributed by atoms with E-state index >= 15 is 0 Å². The van der Waals surface area contributed by atoms with Crippen molar-refractivity contribution in [1.82, 2.24) is 5.32 Å². The van der Waals surface area contributed by atoms with Gasteiger partial charge in [0.25, 0.3) is 0 Å². The van der Waals surface area contributed by atoms with E-state index in [9.17, 15) is 19.8 Å². The lowest BCUT2D eigenvalue weighted by Crippen LogP contribution is -2.31. The first-order chi connectivity index (χ1) is 10.4. The maximum Gasteiger partial charge on any atom is 0.239 e. The zero-order valence-electron chi connectivity index (χ0n) is 11.4. The highest BCUT2D eigenvalue weighted by Gasteiger charge is 2.30. The number of aliphatic carboxylic acids is 1. The first-order valence-corrected chi connectivity index (χ1v) is 7.41. The molecule has 1 aliphatic rings. The van der Waals surface area contributed by atoms with Crippen molar-refractivity contribution in [2.75, 3.05) is 0 Å². The summed E-state index contributed by atoms with van der Waals surface area (Å²) in [5.74, 6) is -1.76. The monoisotopic (exact) mass is 340 g/mol. The zero-order valence-corrected chi connectivity index (χ0v) is 12.9. The van der Waals surface area contributed by atoms with Gasteiger partial charge in [-0.1, -0.05) is 23.4 Å². The van der Waals surface area contributed by atoms with Crippen molar-refractivity contribution in [3.05, 3.63) is 28.8 Å². The van der Waals surface area contributed by atoms with Gasteiger partial charge in [0.05, 0.1) is 11.0 Å². The van der Waals surface area contributed by atoms with Crippen molar-refractivity contribution in [1.29, 1.82) is 0 Å². The Balaban J connectivity index is 2.15. The number of carbonyl (C=O) groups is 2. The van der Waals surface area contributed by atoms with E-state index in [1.807, 2.05) is 0 Å². The molecule has 1 aromatic rings. The van der Waals surface area contributed by atoms with E-state index in [1.165, 1.54) is 18.2 Å². The van der Waals surface area contributed by atoms with E-state index in [0.717, 1.165) is 11.8 Å². The first-order valence-electron chi connectivity index (χ1n) is 6.15. The molecule has 9 heteroatoms. The maximum absolute atomic E-state index is 11.5. The number of phenolic OH excluding ortho intramolecular Hbond substituents is 1. The van der Waals surface area contributed by atoms with Crippen LogP contribution in [0.4, 0.5) is 0 Å². The average molecular weight is 341 g/mol. The number of hydrogen-bond acceptors (Lipinski definition) is 7. The van der Waals surface area contributed by atoms with Crippen molar-refractivity contribution >= 4 is 46.1 Å². The highest BCUT2D eigenvalue weighted by atomic mass is 35.5. The number of nitrogens with zero attached hydrogens (tertiary/aromatic N) is 2. The molecule has 2 N–H and O–H groups in total. The molecule has 1 aliphatic heterocycles. The Morgan fingerprint density at radius 3 is 2.95 bits per heavy atom. The van der Waals surface area contributed by atoms with Crippen molar-refractivity contribution in [2.45, 2.75) is 18.6 Å². The predicted octanol–water partition coefficient (Wildman–Crippen LogP) is 0.497. The van der Waals surface area contributed by atoms with Crippen LogP contribution in [0.3, 0.4) is 0 Å². The fraction of sp³-hybridized carbons (Fsp3) is 0.231. The number of nitrogens with one attached hydrogen (secondary N) is 1. The van der Waals surface area contributed by atoms with Crippen LogP contribution in [0.15, 0.2) is 28.4 Å². The number of benzene rings is 1. The summed E-state index contributed by atoms with van der Waals surface area (Å²) in [5, 5.41) is 30.3. The molecule has 7 nitrogen and oxygen atoms in total. The summed E-state index contributed by atoms with van der Waals surface area (Å²) in [4.78, 5) is 22.0. The quantitative estimate of drug-likeness (QED) is 0.611. The third-order valence-electron chi connectivity index (χ3n) is 2.77. The summed E-state index contributed by atoms with van der Waals surface area (Å²) in [6.07, 6.45) is -0.396. The molecule has 0 radical (unpaired) electrons. The van der Waals surface area contributed by atoms with E-state index in [1.54, 1.807) is 6.92 Å². The number of hydrogen-bond donors (Lipinski definition) is 2. The Kier molecular flexibility index (Phi) is 5.04. The van der Waals surface area contributed by atoms with Crippen molar-refractivity contribution in [3.8, 4) is 5.75 Å². The van der Waals surface area contributed by atoms with Gasteiger partial charge in [-0.2, -0.15) is 5.10 Å². The van der Waals surface area contributed by atoms with Gasteiger partial charge >= 0.3 is 0 Å². The Morgan fingerprint density at radius 1 is 1.55 bits per heavy atom. The van der Waals surface area contributed by atoms with Crippen LogP contribution in [0.1, 0.15) is 18.9 Å². The molecule has 1 heterocycles. The fourth-order valence-electron chi connectivity index (χ4n) is 1.71. The van der Waals surface area contributed by atoms with Crippen LogP contribution in [-0.2, 0) is 9.59 Å². The molecule has 0 aliphatic carbocycles. The minimum atomic E-state index is -1.31. The SMILES string of the molecule is C/C(=N\N=C1\NC(=O)[C@@H](CC(=O)[O-])S1)c1cc(Cl)ccc1O. The third-order valence-corrected chi connectivity index (χ3v) is 4.08. The van der Waals surface area contributed by atoms with Crippen molar-refractivity contribution in [2.24, 2.45) is 10.2 Å². The first kappa shape index (κ1) is 16.3. The smallest absolute Gasteiger partial charge is 0.239 e. The van der Waals surface area contributed by atoms with Gasteiger partial charge in [0, 0.05) is 23.0 Å². The standard InChI is InChI=1S/C13H12ClN3O4S/c1-6(8-4-7(14)2-3-9(8)18)16-17-13-15-12(21)10(22-13)5-11(19)20/h2-4,10,18H,5H2,1H3,(H,19,20)(H,15,17,21)/p-1/b16-6+/t10-/m1/s1. The van der Waals surface area contributed by atoms with Gasteiger partial charge in [-0.25, -0.2) is 0 Å². The number of halogens is 1. The molecule has 1 amide bonds. The number of phenols is 1. The van der Waals surface area contributed by atoms with E-state index in [2.05, 4.69) is 15.5 Å². The lowest BCUT2D eigenvalue weighted by molar-refractivity contribution is -0.305. The van der Waals surface area contributed by atoms with Gasteiger partial charge in [-0.3, -0.25) is 4.79 Å². The number of carboxylic acid groups (broad SMARTS) is 1. The van der Waals surface area contributed by atoms with Gasteiger partial charge in [0.1, 0.15) is 5.75 Å². The van der Waals surface area contributed by atoms with Gasteiger partial charge in [0.15, 0.2) is 5.17 Å². The molecule has 0 saturated carbocycles.